The maximum atomic E-state index is 13.3. The van der Waals surface area contributed by atoms with Crippen LogP contribution in [0.1, 0.15) is 57.2 Å². The van der Waals surface area contributed by atoms with E-state index in [9.17, 15) is 14.4 Å². The molecule has 0 aliphatic carbocycles. The molecule has 0 aromatic heterocycles. The molecule has 2 aliphatic heterocycles. The fourth-order valence-corrected chi connectivity index (χ4v) is 4.69. The quantitative estimate of drug-likeness (QED) is 0.682. The number of nitrogens with one attached hydrogen (secondary N) is 2. The van der Waals surface area contributed by atoms with Crippen LogP contribution in [-0.2, 0) is 20.9 Å². The third kappa shape index (κ3) is 5.75. The minimum absolute atomic E-state index is 0.0629. The van der Waals surface area contributed by atoms with Crippen LogP contribution in [0.4, 0.5) is 4.79 Å². The van der Waals surface area contributed by atoms with E-state index in [1.807, 2.05) is 59.5 Å². The van der Waals surface area contributed by atoms with Gasteiger partial charge in [-0.2, -0.15) is 0 Å². The first-order valence-electron chi connectivity index (χ1n) is 12.0. The maximum Gasteiger partial charge on any atom is 0.408 e. The Morgan fingerprint density at radius 2 is 1.71 bits per heavy atom. The number of amides is 3. The largest absolute Gasteiger partial charge is 0.487 e. The molecule has 4 rings (SSSR count). The van der Waals surface area contributed by atoms with Crippen molar-refractivity contribution in [1.29, 1.82) is 0 Å². The van der Waals surface area contributed by atoms with Crippen LogP contribution >= 0.6 is 0 Å². The first-order chi connectivity index (χ1) is 16.7. The van der Waals surface area contributed by atoms with Crippen molar-refractivity contribution < 1.29 is 23.9 Å². The van der Waals surface area contributed by atoms with Gasteiger partial charge < -0.3 is 25.0 Å². The van der Waals surface area contributed by atoms with Crippen molar-refractivity contribution in [2.45, 2.75) is 63.8 Å². The predicted molar refractivity (Wildman–Crippen MR) is 131 cm³/mol. The summed E-state index contributed by atoms with van der Waals surface area (Å²) in [7, 11) is 0. The molecule has 2 heterocycles. The number of carbonyl (C=O) groups is 3. The number of ether oxygens (including phenoxy) is 2. The van der Waals surface area contributed by atoms with E-state index in [-0.39, 0.29) is 24.5 Å². The van der Waals surface area contributed by atoms with Crippen LogP contribution in [-0.4, -0.2) is 47.0 Å². The molecular weight excluding hydrogens is 446 g/mol. The smallest absolute Gasteiger partial charge is 0.408 e. The Balaban J connectivity index is 1.42. The normalized spacial score (nSPS) is 18.7. The zero-order valence-corrected chi connectivity index (χ0v) is 20.5. The summed E-state index contributed by atoms with van der Waals surface area (Å²) >= 11 is 0. The number of benzene rings is 2. The number of piperidine rings is 1. The summed E-state index contributed by atoms with van der Waals surface area (Å²) in [6.07, 6.45) is 1.33. The number of carbonyl (C=O) groups excluding carboxylic acids is 3. The Labute approximate surface area is 206 Å². The van der Waals surface area contributed by atoms with Crippen LogP contribution in [0, 0.1) is 0 Å². The molecular formula is C27H33N3O5. The third-order valence-electron chi connectivity index (χ3n) is 6.82. The number of fused-ring (bicyclic) bond motifs is 1. The van der Waals surface area contributed by atoms with E-state index in [1.165, 1.54) is 0 Å². The topological polar surface area (TPSA) is 97.0 Å². The number of hydrogen-bond donors (Lipinski definition) is 2. The lowest BCUT2D eigenvalue weighted by Gasteiger charge is -2.47. The van der Waals surface area contributed by atoms with Crippen LogP contribution in [0.15, 0.2) is 54.6 Å². The monoisotopic (exact) mass is 479 g/mol. The Morgan fingerprint density at radius 1 is 1.06 bits per heavy atom. The molecule has 186 valence electrons. The average Bonchev–Trinajstić information content (AvgIpc) is 2.83. The van der Waals surface area contributed by atoms with E-state index in [0.29, 0.717) is 32.4 Å². The van der Waals surface area contributed by atoms with Crippen molar-refractivity contribution in [3.05, 3.63) is 65.7 Å². The summed E-state index contributed by atoms with van der Waals surface area (Å²) in [4.78, 5) is 39.3. The third-order valence-corrected chi connectivity index (χ3v) is 6.82. The second kappa shape index (κ2) is 9.98. The van der Waals surface area contributed by atoms with Gasteiger partial charge in [-0.05, 0) is 25.5 Å². The number of rotatable bonds is 5. The first-order valence-corrected chi connectivity index (χ1v) is 12.0. The summed E-state index contributed by atoms with van der Waals surface area (Å²) < 4.78 is 11.7. The number of nitrogens with zero attached hydrogens (tertiary/aromatic N) is 1. The van der Waals surface area contributed by atoms with Gasteiger partial charge in [-0.25, -0.2) is 4.79 Å². The van der Waals surface area contributed by atoms with Gasteiger partial charge in [0, 0.05) is 44.8 Å². The molecule has 1 atom stereocenters. The maximum absolute atomic E-state index is 13.3. The van der Waals surface area contributed by atoms with Gasteiger partial charge in [0.25, 0.3) is 0 Å². The van der Waals surface area contributed by atoms with Gasteiger partial charge in [0.05, 0.1) is 6.04 Å². The zero-order valence-electron chi connectivity index (χ0n) is 20.5. The Hall–Kier alpha value is -3.55. The fraction of sp³-hybridized carbons (Fsp3) is 0.444. The average molecular weight is 480 g/mol. The van der Waals surface area contributed by atoms with Crippen LogP contribution in [0.2, 0.25) is 0 Å². The zero-order chi connectivity index (χ0) is 25.1. The van der Waals surface area contributed by atoms with E-state index in [4.69, 9.17) is 9.47 Å². The highest BCUT2D eigenvalue weighted by Gasteiger charge is 2.45. The van der Waals surface area contributed by atoms with Crippen molar-refractivity contribution in [2.75, 3.05) is 13.1 Å². The molecule has 2 aliphatic rings. The van der Waals surface area contributed by atoms with Gasteiger partial charge in [-0.1, -0.05) is 48.5 Å². The number of para-hydroxylation sites is 1. The van der Waals surface area contributed by atoms with Crippen molar-refractivity contribution in [3.8, 4) is 5.75 Å². The summed E-state index contributed by atoms with van der Waals surface area (Å²) in [5, 5.41) is 5.81. The standard InChI is InChI=1S/C27H33N3O5/c1-19(31)30-15-13-27(14-16-30)17-22(21-11-7-8-12-23(21)35-27)28-24(32)26(2,3)29-25(33)34-18-20-9-5-4-6-10-20/h4-12,22H,13-18H2,1-3H3,(H,28,32)(H,29,33)/t22-/m1/s1. The minimum Gasteiger partial charge on any atom is -0.487 e. The molecule has 1 fully saturated rings. The van der Waals surface area contributed by atoms with Gasteiger partial charge in [0.15, 0.2) is 0 Å². The number of likely N-dealkylation sites (tertiary alicyclic amines) is 1. The van der Waals surface area contributed by atoms with Gasteiger partial charge in [0.1, 0.15) is 23.5 Å². The lowest BCUT2D eigenvalue weighted by atomic mass is 9.80. The molecule has 1 saturated heterocycles. The molecule has 35 heavy (non-hydrogen) atoms. The molecule has 0 saturated carbocycles. The van der Waals surface area contributed by atoms with Crippen LogP contribution < -0.4 is 15.4 Å². The van der Waals surface area contributed by atoms with E-state index >= 15 is 0 Å². The Bertz CT molecular complexity index is 1080. The molecule has 3 amide bonds. The molecule has 8 nitrogen and oxygen atoms in total. The van der Waals surface area contributed by atoms with E-state index in [1.54, 1.807) is 20.8 Å². The number of alkyl carbamates (subject to hydrolysis) is 1. The summed E-state index contributed by atoms with van der Waals surface area (Å²) in [5.74, 6) is 0.494. The van der Waals surface area contributed by atoms with Crippen LogP contribution in [0.3, 0.4) is 0 Å². The molecule has 0 bridgehead atoms. The highest BCUT2D eigenvalue weighted by Crippen LogP contribution is 2.44. The highest BCUT2D eigenvalue weighted by molar-refractivity contribution is 5.89. The fourth-order valence-electron chi connectivity index (χ4n) is 4.69. The Kier molecular flexibility index (Phi) is 7.00. The lowest BCUT2D eigenvalue weighted by molar-refractivity contribution is -0.133. The molecule has 1 spiro atoms. The molecule has 8 heteroatoms. The van der Waals surface area contributed by atoms with Gasteiger partial charge in [-0.15, -0.1) is 0 Å². The molecule has 2 aromatic rings. The minimum atomic E-state index is -1.19. The molecule has 2 N–H and O–H groups in total. The molecule has 0 unspecified atom stereocenters. The second-order valence-electron chi connectivity index (χ2n) is 9.87. The van der Waals surface area contributed by atoms with E-state index in [0.717, 1.165) is 16.9 Å². The first kappa shape index (κ1) is 24.6. The van der Waals surface area contributed by atoms with Crippen LogP contribution in [0.25, 0.3) is 0 Å². The molecule has 2 aromatic carbocycles. The van der Waals surface area contributed by atoms with Crippen LogP contribution in [0.5, 0.6) is 5.75 Å². The number of hydrogen-bond acceptors (Lipinski definition) is 5. The predicted octanol–water partition coefficient (Wildman–Crippen LogP) is 3.71. The SMILES string of the molecule is CC(=O)N1CCC2(CC1)C[C@@H](NC(=O)C(C)(C)NC(=O)OCc1ccccc1)c1ccccc1O2. The van der Waals surface area contributed by atoms with Crippen molar-refractivity contribution >= 4 is 17.9 Å². The molecule has 0 radical (unpaired) electrons. The van der Waals surface area contributed by atoms with Gasteiger partial charge >= 0.3 is 6.09 Å². The van der Waals surface area contributed by atoms with Gasteiger partial charge in [0.2, 0.25) is 11.8 Å². The van der Waals surface area contributed by atoms with E-state index < -0.39 is 17.2 Å². The van der Waals surface area contributed by atoms with Crippen molar-refractivity contribution in [1.82, 2.24) is 15.5 Å². The van der Waals surface area contributed by atoms with Gasteiger partial charge in [-0.3, -0.25) is 9.59 Å². The Morgan fingerprint density at radius 3 is 2.40 bits per heavy atom. The van der Waals surface area contributed by atoms with Crippen molar-refractivity contribution in [2.24, 2.45) is 0 Å². The van der Waals surface area contributed by atoms with Crippen molar-refractivity contribution in [3.63, 3.8) is 0 Å². The summed E-state index contributed by atoms with van der Waals surface area (Å²) in [5.41, 5.74) is 0.129. The summed E-state index contributed by atoms with van der Waals surface area (Å²) in [6.45, 7) is 6.25. The van der Waals surface area contributed by atoms with E-state index in [2.05, 4.69) is 10.6 Å². The highest BCUT2D eigenvalue weighted by atomic mass is 16.5. The second-order valence-corrected chi connectivity index (χ2v) is 9.87. The lowest BCUT2D eigenvalue weighted by Crippen LogP contribution is -2.57. The summed E-state index contributed by atoms with van der Waals surface area (Å²) in [6, 6.07) is 16.8.